The number of ether oxygens (including phenoxy) is 1. The molecule has 0 radical (unpaired) electrons. The number of rotatable bonds is 4. The van der Waals surface area contributed by atoms with E-state index < -0.39 is 0 Å². The summed E-state index contributed by atoms with van der Waals surface area (Å²) in [7, 11) is 0. The van der Waals surface area contributed by atoms with Crippen molar-refractivity contribution in [3.05, 3.63) is 41.9 Å². The molecule has 1 N–H and O–H groups in total. The molecule has 2 aliphatic rings. The maximum atomic E-state index is 13.0. The SMILES string of the molecule is Cc1ccc(Nc2nccc([C@@H]3CCCN3C(=O)C3CCOCC3)n2)nc1. The van der Waals surface area contributed by atoms with Crippen molar-refractivity contribution < 1.29 is 9.53 Å². The summed E-state index contributed by atoms with van der Waals surface area (Å²) < 4.78 is 5.40. The molecule has 7 heteroatoms. The lowest BCUT2D eigenvalue weighted by molar-refractivity contribution is -0.139. The number of nitrogens with one attached hydrogen (secondary N) is 1. The van der Waals surface area contributed by atoms with Crippen molar-refractivity contribution >= 4 is 17.7 Å². The van der Waals surface area contributed by atoms with Gasteiger partial charge in [0.05, 0.1) is 11.7 Å². The topological polar surface area (TPSA) is 80.2 Å². The molecule has 0 spiro atoms. The molecule has 2 aromatic rings. The van der Waals surface area contributed by atoms with Gasteiger partial charge in [0.1, 0.15) is 5.82 Å². The highest BCUT2D eigenvalue weighted by Gasteiger charge is 2.35. The summed E-state index contributed by atoms with van der Waals surface area (Å²) in [5, 5.41) is 3.15. The number of anilines is 2. The van der Waals surface area contributed by atoms with Gasteiger partial charge in [0.25, 0.3) is 0 Å². The lowest BCUT2D eigenvalue weighted by Gasteiger charge is -2.30. The number of aromatic nitrogens is 3. The first-order chi connectivity index (χ1) is 13.2. The van der Waals surface area contributed by atoms with Gasteiger partial charge in [0.2, 0.25) is 11.9 Å². The first-order valence-electron chi connectivity index (χ1n) is 9.61. The second-order valence-electron chi connectivity index (χ2n) is 7.23. The molecule has 0 unspecified atom stereocenters. The third-order valence-electron chi connectivity index (χ3n) is 5.28. The molecule has 0 saturated carbocycles. The van der Waals surface area contributed by atoms with E-state index in [9.17, 15) is 4.79 Å². The number of carbonyl (C=O) groups excluding carboxylic acids is 1. The minimum Gasteiger partial charge on any atom is -0.381 e. The van der Waals surface area contributed by atoms with Gasteiger partial charge in [-0.15, -0.1) is 0 Å². The molecule has 4 heterocycles. The predicted octanol–water partition coefficient (Wildman–Crippen LogP) is 3.01. The van der Waals surface area contributed by atoms with E-state index >= 15 is 0 Å². The normalized spacial score (nSPS) is 20.6. The van der Waals surface area contributed by atoms with Crippen molar-refractivity contribution in [2.45, 2.75) is 38.6 Å². The van der Waals surface area contributed by atoms with Crippen LogP contribution in [0.4, 0.5) is 11.8 Å². The van der Waals surface area contributed by atoms with Gasteiger partial charge in [-0.25, -0.2) is 15.0 Å². The van der Waals surface area contributed by atoms with Crippen molar-refractivity contribution in [1.29, 1.82) is 0 Å². The maximum absolute atomic E-state index is 13.0. The third-order valence-corrected chi connectivity index (χ3v) is 5.28. The molecule has 1 atom stereocenters. The Morgan fingerprint density at radius 2 is 2.04 bits per heavy atom. The van der Waals surface area contributed by atoms with Crippen molar-refractivity contribution in [1.82, 2.24) is 19.9 Å². The van der Waals surface area contributed by atoms with Crippen LogP contribution in [0.1, 0.15) is 43.0 Å². The van der Waals surface area contributed by atoms with Gasteiger partial charge < -0.3 is 15.0 Å². The van der Waals surface area contributed by atoms with E-state index in [1.165, 1.54) is 0 Å². The van der Waals surface area contributed by atoms with Crippen LogP contribution in [0.2, 0.25) is 0 Å². The molecular weight excluding hydrogens is 342 g/mol. The van der Waals surface area contributed by atoms with Crippen molar-refractivity contribution in [2.24, 2.45) is 5.92 Å². The van der Waals surface area contributed by atoms with Crippen molar-refractivity contribution in [3.63, 3.8) is 0 Å². The Hall–Kier alpha value is -2.54. The van der Waals surface area contributed by atoms with E-state index in [2.05, 4.69) is 20.3 Å². The standard InChI is InChI=1S/C20H25N5O2/c1-14-4-5-18(22-13-14)24-20-21-9-6-16(23-20)17-3-2-10-25(17)19(26)15-7-11-27-12-8-15/h4-6,9,13,15,17H,2-3,7-8,10-12H2,1H3,(H,21,22,23,24)/t17-/m0/s1. The molecule has 7 nitrogen and oxygen atoms in total. The largest absolute Gasteiger partial charge is 0.381 e. The first-order valence-corrected chi connectivity index (χ1v) is 9.61. The number of hydrogen-bond acceptors (Lipinski definition) is 6. The summed E-state index contributed by atoms with van der Waals surface area (Å²) >= 11 is 0. The highest BCUT2D eigenvalue weighted by atomic mass is 16.5. The van der Waals surface area contributed by atoms with E-state index in [1.807, 2.05) is 30.0 Å². The summed E-state index contributed by atoms with van der Waals surface area (Å²) in [5.41, 5.74) is 1.99. The molecule has 27 heavy (non-hydrogen) atoms. The monoisotopic (exact) mass is 367 g/mol. The Bertz CT molecular complexity index is 789. The Morgan fingerprint density at radius 1 is 1.19 bits per heavy atom. The molecule has 2 aliphatic heterocycles. The van der Waals surface area contributed by atoms with Gasteiger partial charge in [-0.2, -0.15) is 0 Å². The predicted molar refractivity (Wildman–Crippen MR) is 102 cm³/mol. The molecule has 2 fully saturated rings. The van der Waals surface area contributed by atoms with Crippen LogP contribution in [-0.2, 0) is 9.53 Å². The van der Waals surface area contributed by atoms with Crippen LogP contribution in [0.5, 0.6) is 0 Å². The highest BCUT2D eigenvalue weighted by Crippen LogP contribution is 2.33. The Balaban J connectivity index is 1.50. The fraction of sp³-hybridized carbons (Fsp3) is 0.500. The van der Waals surface area contributed by atoms with E-state index in [1.54, 1.807) is 12.4 Å². The second kappa shape index (κ2) is 8.00. The smallest absolute Gasteiger partial charge is 0.228 e. The zero-order valence-corrected chi connectivity index (χ0v) is 15.6. The number of aryl methyl sites for hydroxylation is 1. The zero-order valence-electron chi connectivity index (χ0n) is 15.6. The summed E-state index contributed by atoms with van der Waals surface area (Å²) in [4.78, 5) is 28.3. The van der Waals surface area contributed by atoms with Crippen LogP contribution in [0, 0.1) is 12.8 Å². The van der Waals surface area contributed by atoms with E-state index in [0.717, 1.165) is 43.5 Å². The van der Waals surface area contributed by atoms with Crippen LogP contribution >= 0.6 is 0 Å². The van der Waals surface area contributed by atoms with Crippen LogP contribution in [-0.4, -0.2) is 45.5 Å². The first kappa shape index (κ1) is 17.9. The van der Waals surface area contributed by atoms with Gasteiger partial charge in [-0.3, -0.25) is 4.79 Å². The quantitative estimate of drug-likeness (QED) is 0.895. The van der Waals surface area contributed by atoms with Gasteiger partial charge in [0.15, 0.2) is 0 Å². The zero-order chi connectivity index (χ0) is 18.6. The summed E-state index contributed by atoms with van der Waals surface area (Å²) in [6, 6.07) is 5.83. The fourth-order valence-electron chi connectivity index (χ4n) is 3.79. The Labute approximate surface area is 159 Å². The number of carbonyl (C=O) groups is 1. The van der Waals surface area contributed by atoms with Crippen LogP contribution in [0.15, 0.2) is 30.6 Å². The minimum atomic E-state index is 0.0230. The van der Waals surface area contributed by atoms with E-state index in [0.29, 0.717) is 25.0 Å². The average Bonchev–Trinajstić information content (AvgIpc) is 3.20. The lowest BCUT2D eigenvalue weighted by Crippen LogP contribution is -2.38. The van der Waals surface area contributed by atoms with E-state index in [4.69, 9.17) is 4.74 Å². The highest BCUT2D eigenvalue weighted by molar-refractivity contribution is 5.79. The molecule has 2 aromatic heterocycles. The van der Waals surface area contributed by atoms with Gasteiger partial charge in [-0.1, -0.05) is 6.07 Å². The number of likely N-dealkylation sites (tertiary alicyclic amines) is 1. The number of amides is 1. The summed E-state index contributed by atoms with van der Waals surface area (Å²) in [5.74, 6) is 1.54. The van der Waals surface area contributed by atoms with Crippen LogP contribution in [0.25, 0.3) is 0 Å². The second-order valence-corrected chi connectivity index (χ2v) is 7.23. The number of hydrogen-bond donors (Lipinski definition) is 1. The Kier molecular flexibility index (Phi) is 5.29. The molecule has 1 amide bonds. The summed E-state index contributed by atoms with van der Waals surface area (Å²) in [6.07, 6.45) is 7.13. The van der Waals surface area contributed by atoms with Gasteiger partial charge in [-0.05, 0) is 50.3 Å². The molecule has 142 valence electrons. The Morgan fingerprint density at radius 3 is 2.81 bits per heavy atom. The summed E-state index contributed by atoms with van der Waals surface area (Å²) in [6.45, 7) is 4.16. The lowest BCUT2D eigenvalue weighted by atomic mass is 9.98. The minimum absolute atomic E-state index is 0.0230. The van der Waals surface area contributed by atoms with Crippen molar-refractivity contribution in [2.75, 3.05) is 25.1 Å². The average molecular weight is 367 g/mol. The van der Waals surface area contributed by atoms with E-state index in [-0.39, 0.29) is 17.9 Å². The van der Waals surface area contributed by atoms with Crippen molar-refractivity contribution in [3.8, 4) is 0 Å². The molecule has 0 aromatic carbocycles. The van der Waals surface area contributed by atoms with Gasteiger partial charge in [0, 0.05) is 38.1 Å². The molecule has 0 aliphatic carbocycles. The maximum Gasteiger partial charge on any atom is 0.228 e. The number of nitrogens with zero attached hydrogens (tertiary/aromatic N) is 4. The molecule has 0 bridgehead atoms. The molecular formula is C20H25N5O2. The molecule has 2 saturated heterocycles. The fourth-order valence-corrected chi connectivity index (χ4v) is 3.79. The van der Waals surface area contributed by atoms with Crippen LogP contribution < -0.4 is 5.32 Å². The van der Waals surface area contributed by atoms with Crippen LogP contribution in [0.3, 0.4) is 0 Å². The third kappa shape index (κ3) is 4.08. The van der Waals surface area contributed by atoms with Gasteiger partial charge >= 0.3 is 0 Å². The molecule has 4 rings (SSSR count). The number of pyridine rings is 1.